The molecule has 0 N–H and O–H groups in total. The van der Waals surface area contributed by atoms with Crippen LogP contribution in [-0.2, 0) is 14.0 Å². The summed E-state index contributed by atoms with van der Waals surface area (Å²) in [5.74, 6) is 0.139. The van der Waals surface area contributed by atoms with E-state index in [0.29, 0.717) is 6.10 Å². The molecule has 0 aliphatic carbocycles. The molecule has 4 atom stereocenters. The number of hydrogen-bond donors (Lipinski definition) is 0. The maximum Gasteiger partial charge on any atom is 0.224 e. The fraction of sp³-hybridized carbons (Fsp3) is 0.875. The van der Waals surface area contributed by atoms with Crippen LogP contribution in [0.4, 0.5) is 0 Å². The first-order valence-electron chi connectivity index (χ1n) is 11.5. The maximum absolute atomic E-state index is 12.4. The molecule has 5 heteroatoms. The summed E-state index contributed by atoms with van der Waals surface area (Å²) in [5, 5.41) is 0.152. The normalized spacial score (nSPS) is 22.6. The number of hydrogen-bond acceptors (Lipinski definition) is 3. The zero-order chi connectivity index (χ0) is 22.4. The number of rotatable bonds is 11. The van der Waals surface area contributed by atoms with Gasteiger partial charge in [0.15, 0.2) is 8.32 Å². The van der Waals surface area contributed by atoms with Gasteiger partial charge in [0.1, 0.15) is 0 Å². The number of carbonyl (C=O) groups is 1. The third kappa shape index (κ3) is 8.18. The second kappa shape index (κ2) is 11.1. The predicted octanol–water partition coefficient (Wildman–Crippen LogP) is 6.18. The van der Waals surface area contributed by atoms with Gasteiger partial charge in [0.05, 0.1) is 12.2 Å². The summed E-state index contributed by atoms with van der Waals surface area (Å²) in [6, 6.07) is 0. The van der Waals surface area contributed by atoms with Gasteiger partial charge in [-0.1, -0.05) is 54.0 Å². The van der Waals surface area contributed by atoms with Gasteiger partial charge in [-0.15, -0.1) is 0 Å². The number of unbranched alkanes of at least 4 members (excludes halogenated alkanes) is 1. The molecule has 1 aliphatic rings. The van der Waals surface area contributed by atoms with Crippen molar-refractivity contribution in [2.75, 3.05) is 14.1 Å². The zero-order valence-electron chi connectivity index (χ0n) is 20.6. The lowest BCUT2D eigenvalue weighted by Gasteiger charge is -2.40. The van der Waals surface area contributed by atoms with E-state index < -0.39 is 8.32 Å². The number of amides is 1. The Labute approximate surface area is 181 Å². The predicted molar refractivity (Wildman–Crippen MR) is 126 cm³/mol. The molecule has 1 rings (SSSR count). The smallest absolute Gasteiger partial charge is 0.224 e. The maximum atomic E-state index is 12.4. The minimum absolute atomic E-state index is 0.0373. The first-order chi connectivity index (χ1) is 13.3. The molecule has 4 nitrogen and oxygen atoms in total. The van der Waals surface area contributed by atoms with Crippen LogP contribution in [0, 0.1) is 5.92 Å². The van der Waals surface area contributed by atoms with Crippen molar-refractivity contribution >= 4 is 14.2 Å². The number of ether oxygens (including phenoxy) is 1. The summed E-state index contributed by atoms with van der Waals surface area (Å²) in [5.41, 5.74) is 1.23. The van der Waals surface area contributed by atoms with E-state index in [1.165, 1.54) is 18.4 Å². The molecule has 0 radical (unpaired) electrons. The van der Waals surface area contributed by atoms with Crippen LogP contribution >= 0.6 is 0 Å². The molecule has 0 aromatic rings. The van der Waals surface area contributed by atoms with Crippen LogP contribution in [0.5, 0.6) is 0 Å². The molecule has 1 saturated heterocycles. The Balaban J connectivity index is 2.78. The summed E-state index contributed by atoms with van der Waals surface area (Å²) >= 11 is 0. The van der Waals surface area contributed by atoms with Crippen LogP contribution in [0.2, 0.25) is 18.1 Å². The molecule has 0 spiro atoms. The molecule has 0 aromatic heterocycles. The summed E-state index contributed by atoms with van der Waals surface area (Å²) in [7, 11) is 1.75. The van der Waals surface area contributed by atoms with Crippen LogP contribution < -0.4 is 0 Å². The molecule has 1 fully saturated rings. The molecule has 0 bridgehead atoms. The van der Waals surface area contributed by atoms with Gasteiger partial charge in [-0.3, -0.25) is 4.79 Å². The van der Waals surface area contributed by atoms with Crippen LogP contribution in [0.15, 0.2) is 12.2 Å². The summed E-state index contributed by atoms with van der Waals surface area (Å²) < 4.78 is 13.1. The zero-order valence-corrected chi connectivity index (χ0v) is 21.6. The third-order valence-corrected chi connectivity index (χ3v) is 11.2. The minimum atomic E-state index is -1.91. The van der Waals surface area contributed by atoms with Gasteiger partial charge >= 0.3 is 0 Å². The van der Waals surface area contributed by atoms with Crippen molar-refractivity contribution in [1.29, 1.82) is 0 Å². The molecule has 170 valence electrons. The fourth-order valence-electron chi connectivity index (χ4n) is 3.77. The van der Waals surface area contributed by atoms with Gasteiger partial charge in [-0.05, 0) is 55.8 Å². The van der Waals surface area contributed by atoms with E-state index in [9.17, 15) is 4.79 Å². The quantitative estimate of drug-likeness (QED) is 0.293. The van der Waals surface area contributed by atoms with Crippen LogP contribution in [0.3, 0.4) is 0 Å². The standard InChI is InChI=1S/C24H47NO3Si/c1-11-12-13-20-16-18(2)22(27-20)15-14-21(17-19(3)23(26)25(7)8)28-29(9,10)24(4,5)6/h19-22H,2,11-17H2,1,3-10H3/t19-,20+,21-,22?/m1/s1. The lowest BCUT2D eigenvalue weighted by Crippen LogP contribution is -2.45. The lowest BCUT2D eigenvalue weighted by atomic mass is 9.96. The van der Waals surface area contributed by atoms with Gasteiger partial charge in [0, 0.05) is 26.1 Å². The van der Waals surface area contributed by atoms with Gasteiger partial charge in [0.25, 0.3) is 0 Å². The monoisotopic (exact) mass is 425 g/mol. The highest BCUT2D eigenvalue weighted by Crippen LogP contribution is 2.39. The molecule has 1 aliphatic heterocycles. The van der Waals surface area contributed by atoms with Gasteiger partial charge in [0.2, 0.25) is 5.91 Å². The van der Waals surface area contributed by atoms with Gasteiger partial charge < -0.3 is 14.1 Å². The van der Waals surface area contributed by atoms with Crippen molar-refractivity contribution in [3.05, 3.63) is 12.2 Å². The van der Waals surface area contributed by atoms with E-state index in [2.05, 4.69) is 47.4 Å². The summed E-state index contributed by atoms with van der Waals surface area (Å²) in [6.07, 6.45) is 7.72. The Bertz CT molecular complexity index is 539. The van der Waals surface area contributed by atoms with Crippen LogP contribution in [0.25, 0.3) is 0 Å². The van der Waals surface area contributed by atoms with E-state index >= 15 is 0 Å². The first kappa shape index (κ1) is 26.4. The van der Waals surface area contributed by atoms with Gasteiger partial charge in [-0.2, -0.15) is 0 Å². The molecule has 0 aromatic carbocycles. The van der Waals surface area contributed by atoms with E-state index in [1.54, 1.807) is 4.90 Å². The number of nitrogens with zero attached hydrogens (tertiary/aromatic N) is 1. The van der Waals surface area contributed by atoms with Crippen molar-refractivity contribution in [3.8, 4) is 0 Å². The molecular weight excluding hydrogens is 378 g/mol. The first-order valence-corrected chi connectivity index (χ1v) is 14.4. The van der Waals surface area contributed by atoms with Crippen molar-refractivity contribution in [2.24, 2.45) is 5.92 Å². The Kier molecular flexibility index (Phi) is 10.1. The van der Waals surface area contributed by atoms with Crippen LogP contribution in [-0.4, -0.2) is 51.5 Å². The topological polar surface area (TPSA) is 38.8 Å². The van der Waals surface area contributed by atoms with Crippen molar-refractivity contribution in [1.82, 2.24) is 4.90 Å². The Morgan fingerprint density at radius 1 is 1.31 bits per heavy atom. The van der Waals surface area contributed by atoms with E-state index in [-0.39, 0.29) is 29.1 Å². The van der Waals surface area contributed by atoms with E-state index in [1.807, 2.05) is 21.0 Å². The largest absolute Gasteiger partial charge is 0.414 e. The summed E-state index contributed by atoms with van der Waals surface area (Å²) in [4.78, 5) is 14.1. The third-order valence-electron chi connectivity index (χ3n) is 6.68. The SMILES string of the molecule is C=C1C[C@H](CCCC)OC1CC[C@H](C[C@@H](C)C(=O)N(C)C)O[Si](C)(C)C(C)(C)C. The highest BCUT2D eigenvalue weighted by atomic mass is 28.4. The average Bonchev–Trinajstić information content (AvgIpc) is 2.95. The summed E-state index contributed by atoms with van der Waals surface area (Å²) in [6.45, 7) is 19.9. The molecule has 29 heavy (non-hydrogen) atoms. The Morgan fingerprint density at radius 2 is 1.93 bits per heavy atom. The molecule has 1 unspecified atom stereocenters. The van der Waals surface area contributed by atoms with Crippen molar-refractivity contribution in [3.63, 3.8) is 0 Å². The number of carbonyl (C=O) groups excluding carboxylic acids is 1. The second-order valence-corrected chi connectivity index (χ2v) is 15.5. The molecule has 1 heterocycles. The van der Waals surface area contributed by atoms with Crippen molar-refractivity contribution in [2.45, 2.75) is 116 Å². The Hall–Kier alpha value is -0.653. The highest BCUT2D eigenvalue weighted by molar-refractivity contribution is 6.74. The second-order valence-electron chi connectivity index (χ2n) is 10.7. The van der Waals surface area contributed by atoms with E-state index in [4.69, 9.17) is 9.16 Å². The van der Waals surface area contributed by atoms with Crippen LogP contribution in [0.1, 0.15) is 79.6 Å². The molecular formula is C24H47NO3Si. The minimum Gasteiger partial charge on any atom is -0.414 e. The Morgan fingerprint density at radius 3 is 2.45 bits per heavy atom. The molecule has 1 amide bonds. The van der Waals surface area contributed by atoms with Crippen molar-refractivity contribution < 1.29 is 14.0 Å². The average molecular weight is 426 g/mol. The fourth-order valence-corrected chi connectivity index (χ4v) is 5.17. The molecule has 0 saturated carbocycles. The highest BCUT2D eigenvalue weighted by Gasteiger charge is 2.40. The lowest BCUT2D eigenvalue weighted by molar-refractivity contribution is -0.133. The van der Waals surface area contributed by atoms with E-state index in [0.717, 1.165) is 32.1 Å². The van der Waals surface area contributed by atoms with Gasteiger partial charge in [-0.25, -0.2) is 0 Å².